The Bertz CT molecular complexity index is 661. The third kappa shape index (κ3) is 2.82. The highest BCUT2D eigenvalue weighted by molar-refractivity contribution is 5.94. The number of nitrogens with zero attached hydrogens (tertiary/aromatic N) is 2. The first-order valence-corrected chi connectivity index (χ1v) is 7.22. The van der Waals surface area contributed by atoms with Gasteiger partial charge in [0.05, 0.1) is 0 Å². The molecule has 3 rings (SSSR count). The van der Waals surface area contributed by atoms with Crippen LogP contribution in [0.2, 0.25) is 0 Å². The number of aromatic nitrogens is 2. The van der Waals surface area contributed by atoms with Gasteiger partial charge < -0.3 is 5.32 Å². The summed E-state index contributed by atoms with van der Waals surface area (Å²) in [6.45, 7) is 0.524. The summed E-state index contributed by atoms with van der Waals surface area (Å²) in [6.07, 6.45) is 3.71. The number of rotatable bonds is 4. The molecule has 21 heavy (non-hydrogen) atoms. The highest BCUT2D eigenvalue weighted by Crippen LogP contribution is 2.24. The molecule has 1 aliphatic carbocycles. The molecule has 0 atom stereocenters. The molecule has 1 N–H and O–H groups in total. The normalized spacial score (nSPS) is 13.2. The molecule has 1 amide bonds. The van der Waals surface area contributed by atoms with Gasteiger partial charge in [-0.15, -0.1) is 0 Å². The van der Waals surface area contributed by atoms with Crippen molar-refractivity contribution in [2.75, 3.05) is 6.54 Å². The Labute approximate surface area is 123 Å². The predicted octanol–water partition coefficient (Wildman–Crippen LogP) is 2.02. The first-order chi connectivity index (χ1) is 10.1. The smallest absolute Gasteiger partial charge is 0.272 e. The molecule has 5 heteroatoms. The van der Waals surface area contributed by atoms with Crippen molar-refractivity contribution >= 4 is 5.91 Å². The largest absolute Gasteiger partial charge is 0.350 e. The zero-order valence-electron chi connectivity index (χ0n) is 12.0. The van der Waals surface area contributed by atoms with E-state index in [2.05, 4.69) is 10.4 Å². The molecule has 110 valence electrons. The number of benzene rings is 1. The SMILES string of the molecule is Cn1nc(C(=O)NCCc2ccc(F)cc2)c2c1CCC2. The number of hydrogen-bond donors (Lipinski definition) is 1. The van der Waals surface area contributed by atoms with Crippen molar-refractivity contribution < 1.29 is 9.18 Å². The van der Waals surface area contributed by atoms with Gasteiger partial charge in [-0.3, -0.25) is 9.48 Å². The predicted molar refractivity (Wildman–Crippen MR) is 77.7 cm³/mol. The monoisotopic (exact) mass is 287 g/mol. The van der Waals surface area contributed by atoms with Crippen LogP contribution in [0, 0.1) is 5.82 Å². The van der Waals surface area contributed by atoms with Crippen LogP contribution in [0.3, 0.4) is 0 Å². The van der Waals surface area contributed by atoms with Crippen LogP contribution in [0.5, 0.6) is 0 Å². The molecule has 1 aliphatic rings. The molecule has 0 bridgehead atoms. The van der Waals surface area contributed by atoms with Crippen LogP contribution in [0.4, 0.5) is 4.39 Å². The maximum Gasteiger partial charge on any atom is 0.272 e. The van der Waals surface area contributed by atoms with Gasteiger partial charge in [-0.25, -0.2) is 4.39 Å². The van der Waals surface area contributed by atoms with Crippen LogP contribution in [-0.4, -0.2) is 22.2 Å². The van der Waals surface area contributed by atoms with E-state index < -0.39 is 0 Å². The van der Waals surface area contributed by atoms with Gasteiger partial charge in [0.1, 0.15) is 5.82 Å². The Morgan fingerprint density at radius 2 is 2.10 bits per heavy atom. The molecular weight excluding hydrogens is 269 g/mol. The van der Waals surface area contributed by atoms with E-state index in [1.165, 1.54) is 17.8 Å². The second-order valence-corrected chi connectivity index (χ2v) is 5.38. The number of carbonyl (C=O) groups is 1. The molecule has 0 aliphatic heterocycles. The fraction of sp³-hybridized carbons (Fsp3) is 0.375. The van der Waals surface area contributed by atoms with E-state index in [9.17, 15) is 9.18 Å². The first-order valence-electron chi connectivity index (χ1n) is 7.22. The lowest BCUT2D eigenvalue weighted by molar-refractivity contribution is 0.0947. The third-order valence-electron chi connectivity index (χ3n) is 3.94. The Kier molecular flexibility index (Phi) is 3.73. The lowest BCUT2D eigenvalue weighted by atomic mass is 10.1. The summed E-state index contributed by atoms with van der Waals surface area (Å²) < 4.78 is 14.6. The van der Waals surface area contributed by atoms with Crippen molar-refractivity contribution in [3.05, 3.63) is 52.6 Å². The van der Waals surface area contributed by atoms with Crippen molar-refractivity contribution in [3.63, 3.8) is 0 Å². The summed E-state index contributed by atoms with van der Waals surface area (Å²) in [5.41, 5.74) is 3.84. The number of hydrogen-bond acceptors (Lipinski definition) is 2. The van der Waals surface area contributed by atoms with E-state index >= 15 is 0 Å². The molecule has 0 fully saturated rings. The van der Waals surface area contributed by atoms with E-state index in [1.807, 2.05) is 11.7 Å². The van der Waals surface area contributed by atoms with Gasteiger partial charge in [0.15, 0.2) is 5.69 Å². The fourth-order valence-corrected chi connectivity index (χ4v) is 2.85. The number of aryl methyl sites for hydroxylation is 1. The lowest BCUT2D eigenvalue weighted by Gasteiger charge is -2.04. The first kappa shape index (κ1) is 13.8. The molecule has 0 saturated carbocycles. The van der Waals surface area contributed by atoms with Crippen LogP contribution in [0.1, 0.15) is 33.7 Å². The summed E-state index contributed by atoms with van der Waals surface area (Å²) >= 11 is 0. The second-order valence-electron chi connectivity index (χ2n) is 5.38. The van der Waals surface area contributed by atoms with E-state index in [-0.39, 0.29) is 11.7 Å². The fourth-order valence-electron chi connectivity index (χ4n) is 2.85. The van der Waals surface area contributed by atoms with Gasteiger partial charge >= 0.3 is 0 Å². The molecule has 0 spiro atoms. The van der Waals surface area contributed by atoms with E-state index in [0.717, 1.165) is 30.4 Å². The molecule has 0 unspecified atom stereocenters. The van der Waals surface area contributed by atoms with Gasteiger partial charge in [-0.1, -0.05) is 12.1 Å². The van der Waals surface area contributed by atoms with Gasteiger partial charge in [0.2, 0.25) is 0 Å². The van der Waals surface area contributed by atoms with Crippen molar-refractivity contribution in [2.45, 2.75) is 25.7 Å². The van der Waals surface area contributed by atoms with E-state index in [4.69, 9.17) is 0 Å². The zero-order valence-corrected chi connectivity index (χ0v) is 12.0. The number of fused-ring (bicyclic) bond motifs is 1. The zero-order chi connectivity index (χ0) is 14.8. The molecule has 0 radical (unpaired) electrons. The average Bonchev–Trinajstić information content (AvgIpc) is 3.05. The van der Waals surface area contributed by atoms with Crippen molar-refractivity contribution in [1.82, 2.24) is 15.1 Å². The van der Waals surface area contributed by atoms with Crippen LogP contribution in [0.15, 0.2) is 24.3 Å². The van der Waals surface area contributed by atoms with Crippen LogP contribution < -0.4 is 5.32 Å². The van der Waals surface area contributed by atoms with Crippen LogP contribution in [-0.2, 0) is 26.3 Å². The summed E-state index contributed by atoms with van der Waals surface area (Å²) in [7, 11) is 1.89. The average molecular weight is 287 g/mol. The Balaban J connectivity index is 1.60. The van der Waals surface area contributed by atoms with Gasteiger partial charge in [0.25, 0.3) is 5.91 Å². The maximum absolute atomic E-state index is 12.8. The Hall–Kier alpha value is -2.17. The summed E-state index contributed by atoms with van der Waals surface area (Å²) in [4.78, 5) is 12.2. The van der Waals surface area contributed by atoms with Crippen molar-refractivity contribution in [3.8, 4) is 0 Å². The number of carbonyl (C=O) groups excluding carboxylic acids is 1. The molecule has 0 saturated heterocycles. The Morgan fingerprint density at radius 1 is 1.33 bits per heavy atom. The minimum atomic E-state index is -0.244. The van der Waals surface area contributed by atoms with Crippen molar-refractivity contribution in [1.29, 1.82) is 0 Å². The summed E-state index contributed by atoms with van der Waals surface area (Å²) in [6, 6.07) is 6.34. The quantitative estimate of drug-likeness (QED) is 0.935. The second kappa shape index (κ2) is 5.68. The molecule has 4 nitrogen and oxygen atoms in total. The molecule has 1 aromatic carbocycles. The minimum Gasteiger partial charge on any atom is -0.350 e. The minimum absolute atomic E-state index is 0.115. The molecule has 1 aromatic heterocycles. The summed E-state index contributed by atoms with van der Waals surface area (Å²) in [5.74, 6) is -0.359. The van der Waals surface area contributed by atoms with Crippen molar-refractivity contribution in [2.24, 2.45) is 7.05 Å². The highest BCUT2D eigenvalue weighted by Gasteiger charge is 2.24. The standard InChI is InChI=1S/C16H18FN3O/c1-20-14-4-2-3-13(14)15(19-20)16(21)18-10-9-11-5-7-12(17)8-6-11/h5-8H,2-4,9-10H2,1H3,(H,18,21). The molecular formula is C16H18FN3O. The topological polar surface area (TPSA) is 46.9 Å². The van der Waals surface area contributed by atoms with Crippen LogP contribution >= 0.6 is 0 Å². The summed E-state index contributed by atoms with van der Waals surface area (Å²) in [5, 5.41) is 7.22. The van der Waals surface area contributed by atoms with Gasteiger partial charge in [-0.2, -0.15) is 5.10 Å². The maximum atomic E-state index is 12.8. The number of amides is 1. The third-order valence-corrected chi connectivity index (χ3v) is 3.94. The Morgan fingerprint density at radius 3 is 2.86 bits per heavy atom. The highest BCUT2D eigenvalue weighted by atomic mass is 19.1. The van der Waals surface area contributed by atoms with E-state index in [1.54, 1.807) is 12.1 Å². The number of halogens is 1. The molecule has 1 heterocycles. The number of nitrogens with one attached hydrogen (secondary N) is 1. The van der Waals surface area contributed by atoms with Crippen LogP contribution in [0.25, 0.3) is 0 Å². The van der Waals surface area contributed by atoms with E-state index in [0.29, 0.717) is 18.7 Å². The van der Waals surface area contributed by atoms with Gasteiger partial charge in [0, 0.05) is 24.8 Å². The lowest BCUT2D eigenvalue weighted by Crippen LogP contribution is -2.27. The molecule has 2 aromatic rings. The van der Waals surface area contributed by atoms with Gasteiger partial charge in [-0.05, 0) is 43.4 Å².